The van der Waals surface area contributed by atoms with Crippen LogP contribution in [0.25, 0.3) is 0 Å². The monoisotopic (exact) mass is 291 g/mol. The molecule has 0 spiro atoms. The standard InChI is InChI=1S/C17H25NO3/c1-16(2,3)11-7-10(13-9-21-15(20)18-13)8-12(14(11)19)17(4,5)6/h7-8,13,19H,9H2,1-6H3,(H,18,20)/t13-/m0/s1. The summed E-state index contributed by atoms with van der Waals surface area (Å²) in [5.41, 5.74) is 2.42. The summed E-state index contributed by atoms with van der Waals surface area (Å²) in [7, 11) is 0. The molecule has 1 heterocycles. The number of hydrogen-bond acceptors (Lipinski definition) is 3. The lowest BCUT2D eigenvalue weighted by atomic mass is 9.78. The van der Waals surface area contributed by atoms with E-state index in [0.29, 0.717) is 12.4 Å². The first-order valence-corrected chi connectivity index (χ1v) is 7.31. The van der Waals surface area contributed by atoms with Gasteiger partial charge in [-0.25, -0.2) is 4.79 Å². The molecular formula is C17H25NO3. The van der Waals surface area contributed by atoms with Crippen molar-refractivity contribution < 1.29 is 14.6 Å². The molecule has 21 heavy (non-hydrogen) atoms. The highest BCUT2D eigenvalue weighted by Crippen LogP contribution is 2.41. The van der Waals surface area contributed by atoms with E-state index in [1.165, 1.54) is 0 Å². The van der Waals surface area contributed by atoms with Gasteiger partial charge < -0.3 is 15.2 Å². The fraction of sp³-hybridized carbons (Fsp3) is 0.588. The van der Waals surface area contributed by atoms with Crippen LogP contribution < -0.4 is 5.32 Å². The van der Waals surface area contributed by atoms with Crippen LogP contribution in [0, 0.1) is 0 Å². The molecule has 1 saturated heterocycles. The molecule has 0 radical (unpaired) electrons. The van der Waals surface area contributed by atoms with Gasteiger partial charge in [0.15, 0.2) is 0 Å². The zero-order valence-corrected chi connectivity index (χ0v) is 13.7. The molecule has 1 aliphatic rings. The molecule has 0 aromatic heterocycles. The van der Waals surface area contributed by atoms with Crippen molar-refractivity contribution in [3.05, 3.63) is 28.8 Å². The van der Waals surface area contributed by atoms with Gasteiger partial charge in [0.25, 0.3) is 0 Å². The number of amides is 1. The van der Waals surface area contributed by atoms with Crippen LogP contribution >= 0.6 is 0 Å². The van der Waals surface area contributed by atoms with Gasteiger partial charge in [-0.15, -0.1) is 0 Å². The van der Waals surface area contributed by atoms with Gasteiger partial charge in [0.1, 0.15) is 12.4 Å². The van der Waals surface area contributed by atoms with Gasteiger partial charge in [0.05, 0.1) is 6.04 Å². The van der Waals surface area contributed by atoms with Gasteiger partial charge in [0.2, 0.25) is 0 Å². The second-order valence-corrected chi connectivity index (χ2v) is 7.76. The van der Waals surface area contributed by atoms with Crippen molar-refractivity contribution in [3.63, 3.8) is 0 Å². The summed E-state index contributed by atoms with van der Waals surface area (Å²) < 4.78 is 4.99. The molecule has 1 aromatic carbocycles. The van der Waals surface area contributed by atoms with Gasteiger partial charge >= 0.3 is 6.09 Å². The summed E-state index contributed by atoms with van der Waals surface area (Å²) >= 11 is 0. The second kappa shape index (κ2) is 4.93. The van der Waals surface area contributed by atoms with Crippen LogP contribution in [0.1, 0.15) is 64.3 Å². The quantitative estimate of drug-likeness (QED) is 0.828. The van der Waals surface area contributed by atoms with Crippen LogP contribution in [0.4, 0.5) is 4.79 Å². The van der Waals surface area contributed by atoms with E-state index in [-0.39, 0.29) is 23.0 Å². The molecule has 1 amide bonds. The Morgan fingerprint density at radius 2 is 1.57 bits per heavy atom. The highest BCUT2D eigenvalue weighted by molar-refractivity contribution is 5.70. The number of alkyl carbamates (subject to hydrolysis) is 1. The van der Waals surface area contributed by atoms with E-state index in [9.17, 15) is 9.90 Å². The normalized spacial score (nSPS) is 19.3. The first-order valence-electron chi connectivity index (χ1n) is 7.31. The Kier molecular flexibility index (Phi) is 3.68. The van der Waals surface area contributed by atoms with Crippen molar-refractivity contribution in [3.8, 4) is 5.75 Å². The SMILES string of the molecule is CC(C)(C)c1cc([C@@H]2COC(=O)N2)cc(C(C)(C)C)c1O. The molecule has 4 heteroatoms. The molecule has 2 rings (SSSR count). The van der Waals surface area contributed by atoms with E-state index < -0.39 is 0 Å². The van der Waals surface area contributed by atoms with Crippen LogP contribution in [0.5, 0.6) is 5.75 Å². The van der Waals surface area contributed by atoms with E-state index in [1.54, 1.807) is 0 Å². The number of benzene rings is 1. The molecular weight excluding hydrogens is 266 g/mol. The van der Waals surface area contributed by atoms with Crippen LogP contribution in [-0.2, 0) is 15.6 Å². The predicted molar refractivity (Wildman–Crippen MR) is 82.7 cm³/mol. The number of hydrogen-bond donors (Lipinski definition) is 2. The van der Waals surface area contributed by atoms with Gasteiger partial charge in [-0.3, -0.25) is 0 Å². The highest BCUT2D eigenvalue weighted by atomic mass is 16.6. The molecule has 1 aromatic rings. The fourth-order valence-electron chi connectivity index (χ4n) is 2.57. The average molecular weight is 291 g/mol. The lowest BCUT2D eigenvalue weighted by Gasteiger charge is -2.29. The smallest absolute Gasteiger partial charge is 0.407 e. The van der Waals surface area contributed by atoms with E-state index in [0.717, 1.165) is 16.7 Å². The summed E-state index contributed by atoms with van der Waals surface area (Å²) in [4.78, 5) is 11.3. The first-order chi connectivity index (χ1) is 9.50. The molecule has 1 atom stereocenters. The van der Waals surface area contributed by atoms with Gasteiger partial charge in [-0.2, -0.15) is 0 Å². The number of phenolic OH excluding ortho intramolecular Hbond substituents is 1. The molecule has 1 aliphatic heterocycles. The fourth-order valence-corrected chi connectivity index (χ4v) is 2.57. The minimum Gasteiger partial charge on any atom is -0.507 e. The Balaban J connectivity index is 2.59. The van der Waals surface area contributed by atoms with Crippen molar-refractivity contribution in [2.45, 2.75) is 58.4 Å². The number of carbonyl (C=O) groups excluding carboxylic acids is 1. The lowest BCUT2D eigenvalue weighted by Crippen LogP contribution is -2.22. The largest absolute Gasteiger partial charge is 0.507 e. The summed E-state index contributed by atoms with van der Waals surface area (Å²) in [5.74, 6) is 0.351. The van der Waals surface area contributed by atoms with Crippen molar-refractivity contribution in [2.24, 2.45) is 0 Å². The van der Waals surface area contributed by atoms with Crippen LogP contribution in [0.3, 0.4) is 0 Å². The molecule has 0 unspecified atom stereocenters. The van der Waals surface area contributed by atoms with Crippen LogP contribution in [0.15, 0.2) is 12.1 Å². The number of rotatable bonds is 1. The Morgan fingerprint density at radius 3 is 1.90 bits per heavy atom. The third kappa shape index (κ3) is 3.14. The average Bonchev–Trinajstić information content (AvgIpc) is 2.73. The third-order valence-electron chi connectivity index (χ3n) is 3.82. The molecule has 0 saturated carbocycles. The zero-order valence-electron chi connectivity index (χ0n) is 13.7. The third-order valence-corrected chi connectivity index (χ3v) is 3.82. The molecule has 2 N–H and O–H groups in total. The molecule has 0 aliphatic carbocycles. The topological polar surface area (TPSA) is 58.6 Å². The minimum absolute atomic E-state index is 0.153. The number of carbonyl (C=O) groups is 1. The Morgan fingerprint density at radius 1 is 1.10 bits per heavy atom. The van der Waals surface area contributed by atoms with Gasteiger partial charge in [-0.05, 0) is 39.7 Å². The number of cyclic esters (lactones) is 1. The Hall–Kier alpha value is -1.71. The first kappa shape index (κ1) is 15.7. The van der Waals surface area contributed by atoms with Crippen molar-refractivity contribution in [2.75, 3.05) is 6.61 Å². The summed E-state index contributed by atoms with van der Waals surface area (Å²) in [5, 5.41) is 13.5. The van der Waals surface area contributed by atoms with E-state index >= 15 is 0 Å². The van der Waals surface area contributed by atoms with Gasteiger partial charge in [-0.1, -0.05) is 41.5 Å². The lowest BCUT2D eigenvalue weighted by molar-refractivity contribution is 0.177. The predicted octanol–water partition coefficient (Wildman–Crippen LogP) is 3.77. The van der Waals surface area contributed by atoms with Crippen LogP contribution in [-0.4, -0.2) is 17.8 Å². The van der Waals surface area contributed by atoms with Gasteiger partial charge in [0, 0.05) is 0 Å². The number of nitrogens with one attached hydrogen (secondary N) is 1. The Bertz CT molecular complexity index is 529. The molecule has 0 bridgehead atoms. The molecule has 1 fully saturated rings. The van der Waals surface area contributed by atoms with Crippen molar-refractivity contribution >= 4 is 6.09 Å². The number of aromatic hydroxyl groups is 1. The highest BCUT2D eigenvalue weighted by Gasteiger charge is 2.30. The summed E-state index contributed by atoms with van der Waals surface area (Å²) in [6, 6.07) is 3.80. The maximum Gasteiger partial charge on any atom is 0.407 e. The number of phenols is 1. The maximum absolute atomic E-state index is 11.3. The second-order valence-electron chi connectivity index (χ2n) is 7.76. The summed E-state index contributed by atoms with van der Waals surface area (Å²) in [6.45, 7) is 12.8. The zero-order chi connectivity index (χ0) is 16.0. The summed E-state index contributed by atoms with van der Waals surface area (Å²) in [6.07, 6.45) is -0.386. The van der Waals surface area contributed by atoms with E-state index in [2.05, 4.69) is 46.9 Å². The molecule has 4 nitrogen and oxygen atoms in total. The van der Waals surface area contributed by atoms with E-state index in [4.69, 9.17) is 4.74 Å². The molecule has 116 valence electrons. The van der Waals surface area contributed by atoms with Crippen molar-refractivity contribution in [1.82, 2.24) is 5.32 Å². The van der Waals surface area contributed by atoms with Crippen molar-refractivity contribution in [1.29, 1.82) is 0 Å². The van der Waals surface area contributed by atoms with E-state index in [1.807, 2.05) is 12.1 Å². The van der Waals surface area contributed by atoms with Crippen LogP contribution in [0.2, 0.25) is 0 Å². The maximum atomic E-state index is 11.3. The minimum atomic E-state index is -0.386. The Labute approximate surface area is 126 Å². The number of ether oxygens (including phenoxy) is 1.